The molecule has 1 aromatic carbocycles. The van der Waals surface area contributed by atoms with Gasteiger partial charge in [0.1, 0.15) is 5.54 Å². The Hall–Kier alpha value is -1.33. The Balaban J connectivity index is 1.86. The molecule has 0 amide bonds. The van der Waals surface area contributed by atoms with E-state index in [2.05, 4.69) is 41.3 Å². The molecule has 0 saturated carbocycles. The molecule has 96 valence electrons. The number of likely N-dealkylation sites (tertiary alicyclic amines) is 1. The maximum absolute atomic E-state index is 9.16. The van der Waals surface area contributed by atoms with E-state index in [1.165, 1.54) is 24.8 Å². The van der Waals surface area contributed by atoms with Gasteiger partial charge in [0.05, 0.1) is 6.07 Å². The minimum absolute atomic E-state index is 0.308. The lowest BCUT2D eigenvalue weighted by molar-refractivity contribution is 0.111. The monoisotopic (exact) mass is 242 g/mol. The average Bonchev–Trinajstić information content (AvgIpc) is 2.40. The zero-order valence-electron chi connectivity index (χ0n) is 11.4. The Kier molecular flexibility index (Phi) is 4.04. The molecular weight excluding hydrogens is 220 g/mol. The van der Waals surface area contributed by atoms with Gasteiger partial charge in [-0.3, -0.25) is 4.90 Å². The van der Waals surface area contributed by atoms with Crippen LogP contribution in [-0.2, 0) is 6.42 Å². The predicted octanol–water partition coefficient (Wildman–Crippen LogP) is 3.24. The Labute approximate surface area is 110 Å². The van der Waals surface area contributed by atoms with Gasteiger partial charge in [0.25, 0.3) is 0 Å². The first kappa shape index (κ1) is 13.1. The van der Waals surface area contributed by atoms with E-state index < -0.39 is 0 Å². The van der Waals surface area contributed by atoms with E-state index in [4.69, 9.17) is 5.26 Å². The first-order chi connectivity index (χ1) is 8.62. The lowest BCUT2D eigenvalue weighted by atomic mass is 9.88. The number of piperidine rings is 1. The minimum atomic E-state index is -0.308. The number of nitrogens with zero attached hydrogens (tertiary/aromatic N) is 2. The zero-order chi connectivity index (χ0) is 13.0. The van der Waals surface area contributed by atoms with E-state index in [1.807, 2.05) is 13.8 Å². The van der Waals surface area contributed by atoms with Crippen LogP contribution in [0.2, 0.25) is 0 Å². The summed E-state index contributed by atoms with van der Waals surface area (Å²) in [6.07, 6.45) is 3.60. The summed E-state index contributed by atoms with van der Waals surface area (Å²) in [5, 5.41) is 9.16. The summed E-state index contributed by atoms with van der Waals surface area (Å²) < 4.78 is 0. The summed E-state index contributed by atoms with van der Waals surface area (Å²) in [4.78, 5) is 2.31. The van der Waals surface area contributed by atoms with Crippen molar-refractivity contribution in [1.82, 2.24) is 4.90 Å². The third-order valence-electron chi connectivity index (χ3n) is 4.05. The third kappa shape index (κ3) is 3.11. The van der Waals surface area contributed by atoms with Crippen LogP contribution < -0.4 is 0 Å². The second-order valence-corrected chi connectivity index (χ2v) is 5.79. The SMILES string of the molecule is CC(C)(C#N)N1CCC(Cc2ccccc2)CC1. The highest BCUT2D eigenvalue weighted by atomic mass is 15.2. The van der Waals surface area contributed by atoms with E-state index in [0.717, 1.165) is 19.0 Å². The normalized spacial score (nSPS) is 18.5. The highest BCUT2D eigenvalue weighted by Gasteiger charge is 2.30. The molecule has 0 bridgehead atoms. The molecule has 18 heavy (non-hydrogen) atoms. The van der Waals surface area contributed by atoms with Crippen LogP contribution in [0, 0.1) is 17.2 Å². The van der Waals surface area contributed by atoms with Gasteiger partial charge in [-0.15, -0.1) is 0 Å². The molecule has 0 unspecified atom stereocenters. The van der Waals surface area contributed by atoms with Crippen LogP contribution in [0.15, 0.2) is 30.3 Å². The fraction of sp³-hybridized carbons (Fsp3) is 0.562. The zero-order valence-corrected chi connectivity index (χ0v) is 11.4. The van der Waals surface area contributed by atoms with E-state index in [1.54, 1.807) is 0 Å². The Morgan fingerprint density at radius 3 is 2.39 bits per heavy atom. The van der Waals surface area contributed by atoms with Crippen molar-refractivity contribution in [2.45, 2.75) is 38.6 Å². The molecule has 2 rings (SSSR count). The lowest BCUT2D eigenvalue weighted by Gasteiger charge is -2.38. The van der Waals surface area contributed by atoms with Crippen LogP contribution in [0.5, 0.6) is 0 Å². The number of hydrogen-bond donors (Lipinski definition) is 0. The van der Waals surface area contributed by atoms with Crippen molar-refractivity contribution in [3.8, 4) is 6.07 Å². The molecule has 0 aliphatic carbocycles. The molecule has 2 nitrogen and oxygen atoms in total. The second kappa shape index (κ2) is 5.54. The summed E-state index contributed by atoms with van der Waals surface area (Å²) in [5.41, 5.74) is 1.13. The smallest absolute Gasteiger partial charge is 0.103 e. The largest absolute Gasteiger partial charge is 0.286 e. The second-order valence-electron chi connectivity index (χ2n) is 5.79. The van der Waals surface area contributed by atoms with Gasteiger partial charge in [0.2, 0.25) is 0 Å². The molecule has 0 atom stereocenters. The number of rotatable bonds is 3. The van der Waals surface area contributed by atoms with Crippen molar-refractivity contribution in [3.63, 3.8) is 0 Å². The van der Waals surface area contributed by atoms with Gasteiger partial charge in [0.15, 0.2) is 0 Å². The van der Waals surface area contributed by atoms with Gasteiger partial charge in [0, 0.05) is 0 Å². The molecule has 1 aromatic rings. The molecule has 0 spiro atoms. The van der Waals surface area contributed by atoms with Crippen molar-refractivity contribution >= 4 is 0 Å². The molecule has 1 fully saturated rings. The highest BCUT2D eigenvalue weighted by Crippen LogP contribution is 2.26. The van der Waals surface area contributed by atoms with Gasteiger partial charge in [-0.1, -0.05) is 30.3 Å². The lowest BCUT2D eigenvalue weighted by Crippen LogP contribution is -2.47. The fourth-order valence-electron chi connectivity index (χ4n) is 2.71. The van der Waals surface area contributed by atoms with Gasteiger partial charge < -0.3 is 0 Å². The minimum Gasteiger partial charge on any atom is -0.286 e. The topological polar surface area (TPSA) is 27.0 Å². The van der Waals surface area contributed by atoms with Gasteiger partial charge in [-0.05, 0) is 57.7 Å². The van der Waals surface area contributed by atoms with Crippen LogP contribution in [0.4, 0.5) is 0 Å². The number of hydrogen-bond acceptors (Lipinski definition) is 2. The quantitative estimate of drug-likeness (QED) is 0.813. The Morgan fingerprint density at radius 2 is 1.83 bits per heavy atom. The van der Waals surface area contributed by atoms with Crippen molar-refractivity contribution < 1.29 is 0 Å². The van der Waals surface area contributed by atoms with Crippen LogP contribution in [0.25, 0.3) is 0 Å². The highest BCUT2D eigenvalue weighted by molar-refractivity contribution is 5.15. The van der Waals surface area contributed by atoms with E-state index in [-0.39, 0.29) is 5.54 Å². The van der Waals surface area contributed by atoms with Crippen molar-refractivity contribution in [2.75, 3.05) is 13.1 Å². The third-order valence-corrected chi connectivity index (χ3v) is 4.05. The fourth-order valence-corrected chi connectivity index (χ4v) is 2.71. The summed E-state index contributed by atoms with van der Waals surface area (Å²) in [6.45, 7) is 6.14. The van der Waals surface area contributed by atoms with Crippen LogP contribution in [0.1, 0.15) is 32.3 Å². The molecule has 2 heteroatoms. The molecule has 0 N–H and O–H groups in total. The summed E-state index contributed by atoms with van der Waals surface area (Å²) in [5.74, 6) is 0.776. The van der Waals surface area contributed by atoms with Gasteiger partial charge in [-0.2, -0.15) is 5.26 Å². The molecule has 1 saturated heterocycles. The Morgan fingerprint density at radius 1 is 1.22 bits per heavy atom. The maximum atomic E-state index is 9.16. The van der Waals surface area contributed by atoms with E-state index in [9.17, 15) is 0 Å². The van der Waals surface area contributed by atoms with Crippen molar-refractivity contribution in [3.05, 3.63) is 35.9 Å². The summed E-state index contributed by atoms with van der Waals surface area (Å²) in [7, 11) is 0. The molecule has 1 heterocycles. The molecule has 0 aromatic heterocycles. The average molecular weight is 242 g/mol. The van der Waals surface area contributed by atoms with Gasteiger partial charge in [-0.25, -0.2) is 0 Å². The maximum Gasteiger partial charge on any atom is 0.103 e. The first-order valence-electron chi connectivity index (χ1n) is 6.82. The number of nitriles is 1. The standard InChI is InChI=1S/C16H22N2/c1-16(2,13-17)18-10-8-15(9-11-18)12-14-6-4-3-5-7-14/h3-7,15H,8-12H2,1-2H3. The predicted molar refractivity (Wildman–Crippen MR) is 74.1 cm³/mol. The van der Waals surface area contributed by atoms with Gasteiger partial charge >= 0.3 is 0 Å². The number of benzene rings is 1. The molecular formula is C16H22N2. The first-order valence-corrected chi connectivity index (χ1v) is 6.82. The molecule has 1 aliphatic heterocycles. The Bertz CT molecular complexity index is 408. The molecule has 0 radical (unpaired) electrons. The van der Waals surface area contributed by atoms with E-state index in [0.29, 0.717) is 0 Å². The van der Waals surface area contributed by atoms with E-state index >= 15 is 0 Å². The van der Waals surface area contributed by atoms with Crippen LogP contribution in [0.3, 0.4) is 0 Å². The summed E-state index contributed by atoms with van der Waals surface area (Å²) >= 11 is 0. The van der Waals surface area contributed by atoms with Crippen LogP contribution in [-0.4, -0.2) is 23.5 Å². The van der Waals surface area contributed by atoms with Crippen molar-refractivity contribution in [1.29, 1.82) is 5.26 Å². The van der Waals surface area contributed by atoms with Crippen molar-refractivity contribution in [2.24, 2.45) is 5.92 Å². The van der Waals surface area contributed by atoms with Crippen LogP contribution >= 0.6 is 0 Å². The summed E-state index contributed by atoms with van der Waals surface area (Å²) in [6, 6.07) is 13.1. The molecule has 1 aliphatic rings.